The van der Waals surface area contributed by atoms with Gasteiger partial charge in [-0.2, -0.15) is 0 Å². The maximum atomic E-state index is 6.09. The summed E-state index contributed by atoms with van der Waals surface area (Å²) in [7, 11) is 0. The number of hydrogen-bond acceptors (Lipinski definition) is 4. The highest BCUT2D eigenvalue weighted by atomic mass is 16.5. The maximum Gasteiger partial charge on any atom is 0.196 e. The zero-order valence-electron chi connectivity index (χ0n) is 10.7. The monoisotopic (exact) mass is 245 g/mol. The topological polar surface area (TPSA) is 50.8 Å². The third-order valence-corrected chi connectivity index (χ3v) is 3.80. The molecule has 1 aromatic rings. The smallest absolute Gasteiger partial charge is 0.196 e. The van der Waals surface area contributed by atoms with Crippen LogP contribution in [0.5, 0.6) is 0 Å². The predicted molar refractivity (Wildman–Crippen MR) is 72.9 cm³/mol. The van der Waals surface area contributed by atoms with Gasteiger partial charge in [-0.15, -0.1) is 0 Å². The lowest BCUT2D eigenvalue weighted by Gasteiger charge is -2.41. The Morgan fingerprint density at radius 1 is 1.44 bits per heavy atom. The minimum absolute atomic E-state index is 0.0594. The SMILES string of the molecule is Cc1cccc(N2C(N)=NCC23CCCOC3)c1. The van der Waals surface area contributed by atoms with Gasteiger partial charge in [-0.3, -0.25) is 4.99 Å². The van der Waals surface area contributed by atoms with Crippen molar-refractivity contribution < 1.29 is 4.74 Å². The highest BCUT2D eigenvalue weighted by Gasteiger charge is 2.44. The number of ether oxygens (including phenoxy) is 1. The third kappa shape index (κ3) is 1.77. The second kappa shape index (κ2) is 4.28. The number of nitrogens with two attached hydrogens (primary N) is 1. The summed E-state index contributed by atoms with van der Waals surface area (Å²) in [6.45, 7) is 4.40. The second-order valence-corrected chi connectivity index (χ2v) is 5.23. The fraction of sp³-hybridized carbons (Fsp3) is 0.500. The van der Waals surface area contributed by atoms with E-state index in [2.05, 4.69) is 41.1 Å². The third-order valence-electron chi connectivity index (χ3n) is 3.80. The van der Waals surface area contributed by atoms with Gasteiger partial charge in [0.2, 0.25) is 0 Å². The summed E-state index contributed by atoms with van der Waals surface area (Å²) in [5, 5.41) is 0. The number of benzene rings is 1. The first-order chi connectivity index (χ1) is 8.71. The summed E-state index contributed by atoms with van der Waals surface area (Å²) < 4.78 is 5.67. The number of guanidine groups is 1. The Kier molecular flexibility index (Phi) is 2.74. The van der Waals surface area contributed by atoms with Gasteiger partial charge in [0.05, 0.1) is 18.7 Å². The first-order valence-corrected chi connectivity index (χ1v) is 6.46. The number of aliphatic imine (C=N–C) groups is 1. The standard InChI is InChI=1S/C14H19N3O/c1-11-4-2-5-12(8-11)17-13(15)16-9-14(17)6-3-7-18-10-14/h2,4-5,8H,3,6-7,9-10H2,1H3,(H2,15,16). The molecule has 4 heteroatoms. The lowest BCUT2D eigenvalue weighted by molar-refractivity contribution is 0.0459. The molecule has 0 amide bonds. The van der Waals surface area contributed by atoms with E-state index in [1.807, 2.05) is 0 Å². The molecule has 1 atom stereocenters. The van der Waals surface area contributed by atoms with Gasteiger partial charge < -0.3 is 15.4 Å². The summed E-state index contributed by atoms with van der Waals surface area (Å²) in [4.78, 5) is 6.61. The molecule has 1 spiro atoms. The van der Waals surface area contributed by atoms with Gasteiger partial charge >= 0.3 is 0 Å². The van der Waals surface area contributed by atoms with Crippen molar-refractivity contribution in [1.29, 1.82) is 0 Å². The van der Waals surface area contributed by atoms with Crippen LogP contribution in [0.2, 0.25) is 0 Å². The van der Waals surface area contributed by atoms with E-state index in [9.17, 15) is 0 Å². The van der Waals surface area contributed by atoms with Crippen LogP contribution in [-0.4, -0.2) is 31.3 Å². The molecule has 2 heterocycles. The summed E-state index contributed by atoms with van der Waals surface area (Å²) >= 11 is 0. The van der Waals surface area contributed by atoms with Crippen LogP contribution in [0.3, 0.4) is 0 Å². The average molecular weight is 245 g/mol. The molecule has 0 aliphatic carbocycles. The van der Waals surface area contributed by atoms with Gasteiger partial charge in [-0.05, 0) is 37.5 Å². The van der Waals surface area contributed by atoms with Crippen LogP contribution in [0, 0.1) is 6.92 Å². The van der Waals surface area contributed by atoms with Crippen LogP contribution in [0.25, 0.3) is 0 Å². The lowest BCUT2D eigenvalue weighted by atomic mass is 9.91. The zero-order valence-corrected chi connectivity index (χ0v) is 10.7. The minimum atomic E-state index is -0.0594. The van der Waals surface area contributed by atoms with Crippen molar-refractivity contribution in [3.63, 3.8) is 0 Å². The first-order valence-electron chi connectivity index (χ1n) is 6.46. The molecule has 0 radical (unpaired) electrons. The van der Waals surface area contributed by atoms with E-state index in [0.29, 0.717) is 12.6 Å². The molecule has 0 aromatic heterocycles. The molecule has 0 bridgehead atoms. The summed E-state index contributed by atoms with van der Waals surface area (Å²) in [6, 6.07) is 8.41. The molecule has 1 aromatic carbocycles. The maximum absolute atomic E-state index is 6.09. The van der Waals surface area contributed by atoms with E-state index in [1.165, 1.54) is 5.56 Å². The van der Waals surface area contributed by atoms with Gasteiger partial charge in [-0.25, -0.2) is 0 Å². The quantitative estimate of drug-likeness (QED) is 0.819. The highest BCUT2D eigenvalue weighted by Crippen LogP contribution is 2.35. The Hall–Kier alpha value is -1.55. The number of hydrogen-bond donors (Lipinski definition) is 1. The Morgan fingerprint density at radius 2 is 2.33 bits per heavy atom. The van der Waals surface area contributed by atoms with Gasteiger partial charge in [0.15, 0.2) is 5.96 Å². The van der Waals surface area contributed by atoms with E-state index in [4.69, 9.17) is 10.5 Å². The largest absolute Gasteiger partial charge is 0.379 e. The Labute approximate surface area is 107 Å². The molecule has 2 aliphatic rings. The van der Waals surface area contributed by atoms with Crippen LogP contribution >= 0.6 is 0 Å². The summed E-state index contributed by atoms with van der Waals surface area (Å²) in [5.41, 5.74) is 8.39. The molecule has 2 N–H and O–H groups in total. The van der Waals surface area contributed by atoms with Crippen LogP contribution < -0.4 is 10.6 Å². The van der Waals surface area contributed by atoms with Crippen molar-refractivity contribution in [1.82, 2.24) is 0 Å². The molecule has 4 nitrogen and oxygen atoms in total. The number of nitrogens with zero attached hydrogens (tertiary/aromatic N) is 2. The molecular formula is C14H19N3O. The molecule has 3 rings (SSSR count). The summed E-state index contributed by atoms with van der Waals surface area (Å²) in [6.07, 6.45) is 2.16. The Morgan fingerprint density at radius 3 is 3.06 bits per heavy atom. The van der Waals surface area contributed by atoms with Gasteiger partial charge in [0, 0.05) is 12.3 Å². The fourth-order valence-electron chi connectivity index (χ4n) is 2.92. The van der Waals surface area contributed by atoms with Gasteiger partial charge in [-0.1, -0.05) is 12.1 Å². The Bertz CT molecular complexity index is 478. The normalized spacial score (nSPS) is 27.6. The second-order valence-electron chi connectivity index (χ2n) is 5.23. The van der Waals surface area contributed by atoms with E-state index < -0.39 is 0 Å². The van der Waals surface area contributed by atoms with Crippen molar-refractivity contribution in [2.75, 3.05) is 24.7 Å². The number of aryl methyl sites for hydroxylation is 1. The molecule has 18 heavy (non-hydrogen) atoms. The van der Waals surface area contributed by atoms with Crippen LogP contribution in [0.1, 0.15) is 18.4 Å². The van der Waals surface area contributed by atoms with E-state index in [1.54, 1.807) is 0 Å². The van der Waals surface area contributed by atoms with Crippen LogP contribution in [0.15, 0.2) is 29.3 Å². The first kappa shape index (κ1) is 11.5. The van der Waals surface area contributed by atoms with Gasteiger partial charge in [0.25, 0.3) is 0 Å². The minimum Gasteiger partial charge on any atom is -0.379 e. The molecule has 2 aliphatic heterocycles. The lowest BCUT2D eigenvalue weighted by Crippen LogP contribution is -2.56. The van der Waals surface area contributed by atoms with E-state index >= 15 is 0 Å². The van der Waals surface area contributed by atoms with Crippen molar-refractivity contribution >= 4 is 11.6 Å². The van der Waals surface area contributed by atoms with Crippen molar-refractivity contribution in [3.8, 4) is 0 Å². The Balaban J connectivity index is 1.98. The number of rotatable bonds is 1. The summed E-state index contributed by atoms with van der Waals surface area (Å²) in [5.74, 6) is 0.617. The van der Waals surface area contributed by atoms with Crippen molar-refractivity contribution in [3.05, 3.63) is 29.8 Å². The molecule has 0 saturated carbocycles. The fourth-order valence-corrected chi connectivity index (χ4v) is 2.92. The zero-order chi connectivity index (χ0) is 12.6. The van der Waals surface area contributed by atoms with Crippen molar-refractivity contribution in [2.45, 2.75) is 25.3 Å². The van der Waals surface area contributed by atoms with E-state index in [0.717, 1.165) is 31.7 Å². The predicted octanol–water partition coefficient (Wildman–Crippen LogP) is 1.68. The van der Waals surface area contributed by atoms with Crippen molar-refractivity contribution in [2.24, 2.45) is 10.7 Å². The number of anilines is 1. The highest BCUT2D eigenvalue weighted by molar-refractivity contribution is 5.98. The molecule has 96 valence electrons. The van der Waals surface area contributed by atoms with Gasteiger partial charge in [0.1, 0.15) is 0 Å². The molecule has 1 unspecified atom stereocenters. The van der Waals surface area contributed by atoms with Crippen LogP contribution in [-0.2, 0) is 4.74 Å². The molecular weight excluding hydrogens is 226 g/mol. The van der Waals surface area contributed by atoms with Crippen LogP contribution in [0.4, 0.5) is 5.69 Å². The molecule has 1 saturated heterocycles. The van der Waals surface area contributed by atoms with E-state index in [-0.39, 0.29) is 5.54 Å². The molecule has 1 fully saturated rings. The average Bonchev–Trinajstić information content (AvgIpc) is 2.67.